The molecule has 0 spiro atoms. The van der Waals surface area contributed by atoms with Gasteiger partial charge in [0, 0.05) is 39.9 Å². The molecule has 2 aromatic carbocycles. The Morgan fingerprint density at radius 2 is 1.79 bits per heavy atom. The van der Waals surface area contributed by atoms with E-state index in [-0.39, 0.29) is 22.1 Å². The quantitative estimate of drug-likeness (QED) is 0.504. The number of carbonyl (C=O) groups is 2. The second-order valence-corrected chi connectivity index (χ2v) is 8.81. The maximum Gasteiger partial charge on any atom is 0.416 e. The van der Waals surface area contributed by atoms with Gasteiger partial charge in [0.05, 0.1) is 16.3 Å². The molecule has 0 bridgehead atoms. The Bertz CT molecular complexity index is 1200. The van der Waals surface area contributed by atoms with Gasteiger partial charge in [-0.25, -0.2) is 0 Å². The van der Waals surface area contributed by atoms with Crippen molar-refractivity contribution in [1.29, 1.82) is 0 Å². The van der Waals surface area contributed by atoms with Gasteiger partial charge in [0.25, 0.3) is 5.91 Å². The highest BCUT2D eigenvalue weighted by Gasteiger charge is 2.39. The Balaban J connectivity index is 1.77. The molecule has 1 aliphatic heterocycles. The normalized spacial score (nSPS) is 18.7. The van der Waals surface area contributed by atoms with Crippen molar-refractivity contribution in [2.45, 2.75) is 38.3 Å². The Kier molecular flexibility index (Phi) is 6.29. The first-order chi connectivity index (χ1) is 15.6. The number of alkyl halides is 3. The zero-order chi connectivity index (χ0) is 23.9. The number of rotatable bonds is 3. The van der Waals surface area contributed by atoms with Gasteiger partial charge in [-0.2, -0.15) is 13.2 Å². The molecule has 1 aliphatic carbocycles. The molecule has 0 saturated carbocycles. The minimum absolute atomic E-state index is 0.0324. The molecular formula is C24H19Cl2F3N2O2. The number of benzene rings is 2. The van der Waals surface area contributed by atoms with Gasteiger partial charge in [-0.15, -0.1) is 0 Å². The van der Waals surface area contributed by atoms with Crippen molar-refractivity contribution >= 4 is 40.6 Å². The number of allylic oxidation sites excluding steroid dienone is 3. The van der Waals surface area contributed by atoms with Gasteiger partial charge < -0.3 is 10.6 Å². The molecule has 1 unspecified atom stereocenters. The fraction of sp³-hybridized carbons (Fsp3) is 0.250. The Morgan fingerprint density at radius 3 is 2.45 bits per heavy atom. The summed E-state index contributed by atoms with van der Waals surface area (Å²) in [6, 6.07) is 9.54. The van der Waals surface area contributed by atoms with E-state index in [1.54, 1.807) is 31.2 Å². The lowest BCUT2D eigenvalue weighted by molar-refractivity contribution is -0.137. The molecule has 2 aliphatic rings. The molecule has 4 rings (SSSR count). The number of amides is 1. The number of Topliss-reactive ketones (excluding diaryl/α,β-unsaturated/α-hetero) is 1. The monoisotopic (exact) mass is 494 g/mol. The molecule has 4 nitrogen and oxygen atoms in total. The number of hydrogen-bond acceptors (Lipinski definition) is 3. The van der Waals surface area contributed by atoms with Crippen molar-refractivity contribution in [2.24, 2.45) is 0 Å². The van der Waals surface area contributed by atoms with E-state index in [9.17, 15) is 22.8 Å². The second-order valence-electron chi connectivity index (χ2n) is 7.96. The fourth-order valence-corrected chi connectivity index (χ4v) is 4.55. The van der Waals surface area contributed by atoms with Crippen LogP contribution in [0.4, 0.5) is 18.9 Å². The number of ketones is 1. The first-order valence-corrected chi connectivity index (χ1v) is 11.0. The van der Waals surface area contributed by atoms with Gasteiger partial charge in [-0.3, -0.25) is 9.59 Å². The van der Waals surface area contributed by atoms with Gasteiger partial charge in [0.2, 0.25) is 0 Å². The largest absolute Gasteiger partial charge is 0.416 e. The average molecular weight is 495 g/mol. The van der Waals surface area contributed by atoms with Crippen LogP contribution in [0.2, 0.25) is 10.0 Å². The topological polar surface area (TPSA) is 58.2 Å². The smallest absolute Gasteiger partial charge is 0.362 e. The summed E-state index contributed by atoms with van der Waals surface area (Å²) < 4.78 is 39.5. The van der Waals surface area contributed by atoms with Crippen molar-refractivity contribution in [3.8, 4) is 0 Å². The summed E-state index contributed by atoms with van der Waals surface area (Å²) >= 11 is 12.1. The van der Waals surface area contributed by atoms with E-state index in [2.05, 4.69) is 10.6 Å². The maximum atomic E-state index is 13.4. The highest BCUT2D eigenvalue weighted by atomic mass is 35.5. The van der Waals surface area contributed by atoms with Crippen LogP contribution in [0.5, 0.6) is 0 Å². The number of dihydropyridines is 1. The molecule has 2 aromatic rings. The lowest BCUT2D eigenvalue weighted by Gasteiger charge is -2.34. The third-order valence-electron chi connectivity index (χ3n) is 5.77. The summed E-state index contributed by atoms with van der Waals surface area (Å²) in [5.41, 5.74) is 1.59. The highest BCUT2D eigenvalue weighted by Crippen LogP contribution is 2.43. The minimum atomic E-state index is -4.59. The molecule has 172 valence electrons. The summed E-state index contributed by atoms with van der Waals surface area (Å²) in [7, 11) is 0. The van der Waals surface area contributed by atoms with Crippen LogP contribution in [0, 0.1) is 0 Å². The van der Waals surface area contributed by atoms with Crippen molar-refractivity contribution in [1.82, 2.24) is 5.32 Å². The fourth-order valence-electron chi connectivity index (χ4n) is 4.26. The lowest BCUT2D eigenvalue weighted by atomic mass is 9.75. The minimum Gasteiger partial charge on any atom is -0.362 e. The molecule has 9 heteroatoms. The number of halogens is 5. The zero-order valence-electron chi connectivity index (χ0n) is 17.4. The molecule has 0 radical (unpaired) electrons. The van der Waals surface area contributed by atoms with E-state index in [1.165, 1.54) is 0 Å². The third kappa shape index (κ3) is 4.66. The average Bonchev–Trinajstić information content (AvgIpc) is 2.74. The first-order valence-electron chi connectivity index (χ1n) is 10.2. The number of anilines is 1. The van der Waals surface area contributed by atoms with E-state index in [0.29, 0.717) is 41.1 Å². The Morgan fingerprint density at radius 1 is 1.09 bits per heavy atom. The summed E-state index contributed by atoms with van der Waals surface area (Å²) in [6.45, 7) is 1.70. The van der Waals surface area contributed by atoms with Crippen LogP contribution in [0.3, 0.4) is 0 Å². The number of carbonyl (C=O) groups excluding carboxylic acids is 2. The van der Waals surface area contributed by atoms with Crippen LogP contribution in [-0.2, 0) is 15.8 Å². The summed E-state index contributed by atoms with van der Waals surface area (Å²) in [5, 5.41) is 6.15. The lowest BCUT2D eigenvalue weighted by Crippen LogP contribution is -2.35. The molecule has 1 atom stereocenters. The van der Waals surface area contributed by atoms with Gasteiger partial charge >= 0.3 is 6.18 Å². The first kappa shape index (κ1) is 23.4. The van der Waals surface area contributed by atoms with Gasteiger partial charge in [-0.1, -0.05) is 35.3 Å². The van der Waals surface area contributed by atoms with E-state index in [4.69, 9.17) is 23.2 Å². The van der Waals surface area contributed by atoms with Crippen molar-refractivity contribution in [3.05, 3.63) is 86.2 Å². The van der Waals surface area contributed by atoms with Gasteiger partial charge in [0.15, 0.2) is 5.78 Å². The van der Waals surface area contributed by atoms with E-state index in [1.807, 2.05) is 0 Å². The van der Waals surface area contributed by atoms with Crippen LogP contribution < -0.4 is 10.6 Å². The molecule has 0 aromatic heterocycles. The van der Waals surface area contributed by atoms with Crippen LogP contribution in [0.15, 0.2) is 65.0 Å². The van der Waals surface area contributed by atoms with E-state index >= 15 is 0 Å². The van der Waals surface area contributed by atoms with E-state index < -0.39 is 23.6 Å². The molecule has 33 heavy (non-hydrogen) atoms. The SMILES string of the molecule is CC1=C(C(=O)Nc2cc(C(F)(F)F)ccc2Cl)C(c2ccc(Cl)cc2)C2=C(CCCC2=O)N1. The maximum absolute atomic E-state index is 13.4. The summed E-state index contributed by atoms with van der Waals surface area (Å²) in [4.78, 5) is 26.3. The molecule has 1 heterocycles. The number of nitrogens with one attached hydrogen (secondary N) is 2. The van der Waals surface area contributed by atoms with Crippen LogP contribution in [-0.4, -0.2) is 11.7 Å². The van der Waals surface area contributed by atoms with Crippen molar-refractivity contribution < 1.29 is 22.8 Å². The molecule has 1 amide bonds. The third-order valence-corrected chi connectivity index (χ3v) is 6.35. The molecular weight excluding hydrogens is 476 g/mol. The van der Waals surface area contributed by atoms with Crippen LogP contribution in [0.1, 0.15) is 43.2 Å². The van der Waals surface area contributed by atoms with Gasteiger partial charge in [0.1, 0.15) is 0 Å². The predicted molar refractivity (Wildman–Crippen MR) is 121 cm³/mol. The number of hydrogen-bond donors (Lipinski definition) is 2. The van der Waals surface area contributed by atoms with Crippen molar-refractivity contribution in [2.75, 3.05) is 5.32 Å². The molecule has 0 fully saturated rings. The van der Waals surface area contributed by atoms with Crippen LogP contribution >= 0.6 is 23.2 Å². The highest BCUT2D eigenvalue weighted by molar-refractivity contribution is 6.34. The van der Waals surface area contributed by atoms with E-state index in [0.717, 1.165) is 23.9 Å². The molecule has 2 N–H and O–H groups in total. The van der Waals surface area contributed by atoms with Gasteiger partial charge in [-0.05, 0) is 55.7 Å². The predicted octanol–water partition coefficient (Wildman–Crippen LogP) is 6.62. The van der Waals surface area contributed by atoms with Crippen molar-refractivity contribution in [3.63, 3.8) is 0 Å². The van der Waals surface area contributed by atoms with Crippen LogP contribution in [0.25, 0.3) is 0 Å². The Labute approximate surface area is 198 Å². The zero-order valence-corrected chi connectivity index (χ0v) is 19.0. The standard InChI is InChI=1S/C24H19Cl2F3N2O2/c1-12-20(23(33)31-18-11-14(24(27,28)29)7-10-16(18)26)21(13-5-8-15(25)9-6-13)22-17(30-12)3-2-4-19(22)32/h5-11,21,30H,2-4H2,1H3,(H,31,33). The summed E-state index contributed by atoms with van der Waals surface area (Å²) in [5.74, 6) is -1.40. The summed E-state index contributed by atoms with van der Waals surface area (Å²) in [6.07, 6.45) is -2.87. The Hall–Kier alpha value is -2.77. The molecule has 0 saturated heterocycles. The second kappa shape index (κ2) is 8.88.